The molecule has 4 aromatic heterocycles. The predicted molar refractivity (Wildman–Crippen MR) is 121 cm³/mol. The molecule has 0 N–H and O–H groups in total. The third-order valence-electron chi connectivity index (χ3n) is 5.20. The van der Waals surface area contributed by atoms with Gasteiger partial charge in [-0.05, 0) is 55.8 Å². The fraction of sp³-hybridized carbons (Fsp3) is 0.167. The summed E-state index contributed by atoms with van der Waals surface area (Å²) in [4.78, 5) is 22.7. The number of ether oxygens (including phenoxy) is 1. The first-order valence-electron chi connectivity index (χ1n) is 10.1. The molecule has 0 bridgehead atoms. The molecule has 0 fully saturated rings. The summed E-state index contributed by atoms with van der Waals surface area (Å²) < 4.78 is 8.95. The molecule has 5 aromatic rings. The van der Waals surface area contributed by atoms with Gasteiger partial charge in [0.05, 0.1) is 24.0 Å². The van der Waals surface area contributed by atoms with Crippen molar-refractivity contribution in [3.8, 4) is 22.7 Å². The van der Waals surface area contributed by atoms with Crippen LogP contribution >= 0.6 is 0 Å². The number of rotatable bonds is 4. The van der Waals surface area contributed by atoms with Crippen LogP contribution in [-0.2, 0) is 7.05 Å². The van der Waals surface area contributed by atoms with Crippen LogP contribution in [0.2, 0.25) is 0 Å². The number of fused-ring (bicyclic) bond motifs is 2. The number of aromatic nitrogens is 5. The first-order valence-corrected chi connectivity index (χ1v) is 10.1. The van der Waals surface area contributed by atoms with Crippen molar-refractivity contribution in [3.63, 3.8) is 0 Å². The highest BCUT2D eigenvalue weighted by molar-refractivity contribution is 5.87. The van der Waals surface area contributed by atoms with Gasteiger partial charge in [0.15, 0.2) is 5.65 Å². The number of benzene rings is 1. The average Bonchev–Trinajstić information content (AvgIpc) is 3.14. The Morgan fingerprint density at radius 2 is 1.90 bits per heavy atom. The van der Waals surface area contributed by atoms with Crippen molar-refractivity contribution in [3.05, 3.63) is 77.0 Å². The highest BCUT2D eigenvalue weighted by atomic mass is 16.5. The molecular weight excluding hydrogens is 390 g/mol. The Morgan fingerprint density at radius 1 is 1.03 bits per heavy atom. The van der Waals surface area contributed by atoms with Crippen molar-refractivity contribution in [1.29, 1.82) is 0 Å². The van der Waals surface area contributed by atoms with Crippen molar-refractivity contribution in [2.24, 2.45) is 7.05 Å². The van der Waals surface area contributed by atoms with Gasteiger partial charge >= 0.3 is 0 Å². The van der Waals surface area contributed by atoms with Crippen LogP contribution in [0.3, 0.4) is 0 Å². The van der Waals surface area contributed by atoms with E-state index in [1.54, 1.807) is 15.4 Å². The van der Waals surface area contributed by atoms with Gasteiger partial charge in [-0.1, -0.05) is 6.07 Å². The van der Waals surface area contributed by atoms with Crippen LogP contribution in [0.5, 0.6) is 5.88 Å². The van der Waals surface area contributed by atoms with Crippen molar-refractivity contribution in [2.75, 3.05) is 6.61 Å². The number of aryl methyl sites for hydroxylation is 2. The molecule has 0 unspecified atom stereocenters. The lowest BCUT2D eigenvalue weighted by Crippen LogP contribution is -2.21. The summed E-state index contributed by atoms with van der Waals surface area (Å²) in [5, 5.41) is 6.24. The normalized spacial score (nSPS) is 11.3. The van der Waals surface area contributed by atoms with Crippen molar-refractivity contribution in [2.45, 2.75) is 13.8 Å². The maximum Gasteiger partial charge on any atom is 0.264 e. The maximum absolute atomic E-state index is 13.7. The molecule has 0 atom stereocenters. The lowest BCUT2D eigenvalue weighted by molar-refractivity contribution is 0.328. The van der Waals surface area contributed by atoms with E-state index >= 15 is 0 Å². The number of hydrogen-bond donors (Lipinski definition) is 0. The average molecular weight is 411 g/mol. The molecule has 1 aromatic carbocycles. The minimum Gasteiger partial charge on any atom is -0.478 e. The molecule has 7 heteroatoms. The highest BCUT2D eigenvalue weighted by Crippen LogP contribution is 2.26. The number of nitrogens with zero attached hydrogens (tertiary/aromatic N) is 5. The minimum atomic E-state index is -0.164. The topological polar surface area (TPSA) is 74.8 Å². The zero-order chi connectivity index (χ0) is 21.5. The van der Waals surface area contributed by atoms with Crippen LogP contribution in [0.1, 0.15) is 12.6 Å². The summed E-state index contributed by atoms with van der Waals surface area (Å²) in [5.41, 5.74) is 4.21. The van der Waals surface area contributed by atoms with Crippen LogP contribution in [0.15, 0.2) is 65.7 Å². The molecule has 5 rings (SSSR count). The standard InChI is InChI=1S/C24H21N5O2/c1-4-31-22-10-7-17-12-20(16-6-9-21-18(11-16)14-28(3)27-21)24(30)29(23(17)26-22)19-8-5-15(2)25-13-19/h5-14H,4H2,1-3H3. The Labute approximate surface area is 178 Å². The van der Waals surface area contributed by atoms with Crippen LogP contribution in [0.25, 0.3) is 38.8 Å². The van der Waals surface area contributed by atoms with Gasteiger partial charge in [-0.2, -0.15) is 10.1 Å². The fourth-order valence-corrected chi connectivity index (χ4v) is 3.75. The zero-order valence-corrected chi connectivity index (χ0v) is 17.5. The predicted octanol–water partition coefficient (Wildman–Crippen LogP) is 4.04. The zero-order valence-electron chi connectivity index (χ0n) is 17.5. The van der Waals surface area contributed by atoms with E-state index in [9.17, 15) is 4.79 Å². The van der Waals surface area contributed by atoms with E-state index < -0.39 is 0 Å². The third-order valence-corrected chi connectivity index (χ3v) is 5.20. The van der Waals surface area contributed by atoms with Gasteiger partial charge in [0.2, 0.25) is 5.88 Å². The molecule has 7 nitrogen and oxygen atoms in total. The van der Waals surface area contributed by atoms with Gasteiger partial charge in [0.1, 0.15) is 0 Å². The van der Waals surface area contributed by atoms with Gasteiger partial charge in [0, 0.05) is 41.3 Å². The highest BCUT2D eigenvalue weighted by Gasteiger charge is 2.15. The smallest absolute Gasteiger partial charge is 0.264 e. The Hall–Kier alpha value is -4.00. The monoisotopic (exact) mass is 411 g/mol. The Morgan fingerprint density at radius 3 is 2.68 bits per heavy atom. The number of pyridine rings is 3. The molecule has 154 valence electrons. The molecule has 0 amide bonds. The van der Waals surface area contributed by atoms with E-state index in [0.29, 0.717) is 29.4 Å². The van der Waals surface area contributed by atoms with E-state index in [1.807, 2.05) is 75.6 Å². The van der Waals surface area contributed by atoms with Crippen molar-refractivity contribution >= 4 is 21.9 Å². The fourth-order valence-electron chi connectivity index (χ4n) is 3.75. The molecule has 0 spiro atoms. The summed E-state index contributed by atoms with van der Waals surface area (Å²) >= 11 is 0. The first-order chi connectivity index (χ1) is 15.0. The van der Waals surface area contributed by atoms with Gasteiger partial charge in [-0.3, -0.25) is 19.0 Å². The van der Waals surface area contributed by atoms with Crippen LogP contribution in [0, 0.1) is 6.92 Å². The first kappa shape index (κ1) is 19.0. The maximum atomic E-state index is 13.7. The van der Waals surface area contributed by atoms with Gasteiger partial charge in [-0.15, -0.1) is 0 Å². The summed E-state index contributed by atoms with van der Waals surface area (Å²) in [6.45, 7) is 4.31. The molecule has 0 aliphatic rings. The van der Waals surface area contributed by atoms with Crippen LogP contribution in [0.4, 0.5) is 0 Å². The van der Waals surface area contributed by atoms with E-state index in [2.05, 4.69) is 15.1 Å². The molecule has 0 aliphatic heterocycles. The number of hydrogen-bond acceptors (Lipinski definition) is 5. The molecule has 31 heavy (non-hydrogen) atoms. The molecule has 0 saturated carbocycles. The quantitative estimate of drug-likeness (QED) is 0.446. The second-order valence-corrected chi connectivity index (χ2v) is 7.43. The lowest BCUT2D eigenvalue weighted by Gasteiger charge is -2.13. The summed E-state index contributed by atoms with van der Waals surface area (Å²) in [7, 11) is 1.88. The molecule has 0 saturated heterocycles. The molecular formula is C24H21N5O2. The van der Waals surface area contributed by atoms with E-state index in [4.69, 9.17) is 4.74 Å². The van der Waals surface area contributed by atoms with Crippen molar-refractivity contribution in [1.82, 2.24) is 24.3 Å². The summed E-state index contributed by atoms with van der Waals surface area (Å²) in [6.07, 6.45) is 3.64. The van der Waals surface area contributed by atoms with Gasteiger partial charge in [-0.25, -0.2) is 0 Å². The van der Waals surface area contributed by atoms with Crippen molar-refractivity contribution < 1.29 is 4.74 Å². The SMILES string of the molecule is CCOc1ccc2cc(-c3ccc4nn(C)cc4c3)c(=O)n(-c3ccc(C)nc3)c2n1. The molecule has 0 aliphatic carbocycles. The molecule has 4 heterocycles. The van der Waals surface area contributed by atoms with E-state index in [0.717, 1.165) is 27.5 Å². The Kier molecular flexibility index (Phi) is 4.51. The third kappa shape index (κ3) is 3.34. The second-order valence-electron chi connectivity index (χ2n) is 7.43. The van der Waals surface area contributed by atoms with Gasteiger partial charge in [0.25, 0.3) is 5.56 Å². The lowest BCUT2D eigenvalue weighted by atomic mass is 10.0. The van der Waals surface area contributed by atoms with E-state index in [-0.39, 0.29) is 5.56 Å². The molecule has 0 radical (unpaired) electrons. The van der Waals surface area contributed by atoms with Gasteiger partial charge < -0.3 is 4.74 Å². The van der Waals surface area contributed by atoms with Crippen LogP contribution in [-0.4, -0.2) is 30.9 Å². The Bertz CT molecular complexity index is 1480. The summed E-state index contributed by atoms with van der Waals surface area (Å²) in [5.74, 6) is 0.479. The largest absolute Gasteiger partial charge is 0.478 e. The van der Waals surface area contributed by atoms with Crippen LogP contribution < -0.4 is 10.3 Å². The summed E-state index contributed by atoms with van der Waals surface area (Å²) in [6, 6.07) is 15.3. The minimum absolute atomic E-state index is 0.164. The van der Waals surface area contributed by atoms with E-state index in [1.165, 1.54) is 0 Å². The second kappa shape index (κ2) is 7.36. The Balaban J connectivity index is 1.81.